The molecule has 12 nitrogen and oxygen atoms in total. The molecule has 1 aliphatic heterocycles. The van der Waals surface area contributed by atoms with E-state index in [0.29, 0.717) is 18.6 Å². The number of likely N-dealkylation sites (tertiary alicyclic amines) is 1. The van der Waals surface area contributed by atoms with Crippen molar-refractivity contribution < 1.29 is 34.2 Å². The molecule has 1 aliphatic rings. The lowest BCUT2D eigenvalue weighted by atomic mass is 10.1. The number of aliphatic hydroxyl groups excluding tert-OH is 1. The van der Waals surface area contributed by atoms with Gasteiger partial charge in [0.2, 0.25) is 23.6 Å². The average Bonchev–Trinajstić information content (AvgIpc) is 3.17. The molecule has 0 aliphatic carbocycles. The number of primary amides is 1. The summed E-state index contributed by atoms with van der Waals surface area (Å²) in [5.41, 5.74) is 10.7. The highest BCUT2D eigenvalue weighted by Crippen LogP contribution is 2.20. The topological polar surface area (TPSA) is 205 Å². The zero-order valence-corrected chi connectivity index (χ0v) is 17.5. The number of hydrogen-bond acceptors (Lipinski definition) is 8. The number of carbonyl (C=O) groups is 5. The van der Waals surface area contributed by atoms with Crippen molar-refractivity contribution in [1.29, 1.82) is 0 Å². The first-order valence-electron chi connectivity index (χ1n) is 9.40. The van der Waals surface area contributed by atoms with Gasteiger partial charge >= 0.3 is 5.97 Å². The van der Waals surface area contributed by atoms with Crippen LogP contribution in [0.5, 0.6) is 0 Å². The Morgan fingerprint density at radius 3 is 2.40 bits per heavy atom. The first kappa shape index (κ1) is 25.7. The van der Waals surface area contributed by atoms with Gasteiger partial charge in [-0.05, 0) is 31.3 Å². The number of nitrogens with two attached hydrogens (primary N) is 2. The van der Waals surface area contributed by atoms with Gasteiger partial charge in [-0.1, -0.05) is 0 Å². The van der Waals surface area contributed by atoms with Crippen LogP contribution in [0, 0.1) is 0 Å². The highest BCUT2D eigenvalue weighted by molar-refractivity contribution is 7.98. The first-order valence-corrected chi connectivity index (χ1v) is 10.8. The Labute approximate surface area is 178 Å². The van der Waals surface area contributed by atoms with Crippen LogP contribution in [0.25, 0.3) is 0 Å². The molecule has 0 radical (unpaired) electrons. The van der Waals surface area contributed by atoms with Crippen LogP contribution in [0.2, 0.25) is 0 Å². The summed E-state index contributed by atoms with van der Waals surface area (Å²) in [6.45, 7) is -0.529. The summed E-state index contributed by atoms with van der Waals surface area (Å²) in [5.74, 6) is -3.51. The van der Waals surface area contributed by atoms with Crippen molar-refractivity contribution in [3.63, 3.8) is 0 Å². The zero-order chi connectivity index (χ0) is 22.8. The van der Waals surface area contributed by atoms with Gasteiger partial charge in [0.1, 0.15) is 18.1 Å². The van der Waals surface area contributed by atoms with Crippen molar-refractivity contribution in [2.45, 2.75) is 49.9 Å². The molecule has 8 N–H and O–H groups in total. The van der Waals surface area contributed by atoms with E-state index in [2.05, 4.69) is 10.6 Å². The number of nitrogens with zero attached hydrogens (tertiary/aromatic N) is 1. The van der Waals surface area contributed by atoms with Crippen molar-refractivity contribution in [2.24, 2.45) is 11.5 Å². The predicted molar refractivity (Wildman–Crippen MR) is 108 cm³/mol. The minimum atomic E-state index is -1.48. The van der Waals surface area contributed by atoms with Crippen molar-refractivity contribution in [1.82, 2.24) is 15.5 Å². The summed E-state index contributed by atoms with van der Waals surface area (Å²) in [6.07, 6.45) is 2.57. The molecule has 1 fully saturated rings. The van der Waals surface area contributed by atoms with E-state index >= 15 is 0 Å². The fraction of sp³-hybridized carbons (Fsp3) is 0.706. The minimum absolute atomic E-state index is 0.257. The van der Waals surface area contributed by atoms with Gasteiger partial charge in [-0.2, -0.15) is 11.8 Å². The normalized spacial score (nSPS) is 18.9. The molecule has 170 valence electrons. The lowest BCUT2D eigenvalue weighted by molar-refractivity contribution is -0.145. The summed E-state index contributed by atoms with van der Waals surface area (Å²) in [6, 6.07) is -4.57. The third-order valence-corrected chi connectivity index (χ3v) is 5.26. The van der Waals surface area contributed by atoms with Gasteiger partial charge in [-0.3, -0.25) is 19.2 Å². The molecule has 4 atom stereocenters. The number of rotatable bonds is 12. The molecule has 0 aromatic rings. The van der Waals surface area contributed by atoms with Crippen LogP contribution in [-0.2, 0) is 24.0 Å². The number of nitrogens with one attached hydrogen (secondary N) is 2. The predicted octanol–water partition coefficient (Wildman–Crippen LogP) is -3.02. The molecule has 1 heterocycles. The zero-order valence-electron chi connectivity index (χ0n) is 16.7. The van der Waals surface area contributed by atoms with E-state index in [1.807, 2.05) is 6.26 Å². The molecular formula is C17H29N5O7S. The molecule has 0 bridgehead atoms. The molecule has 0 saturated carbocycles. The second-order valence-electron chi connectivity index (χ2n) is 6.89. The van der Waals surface area contributed by atoms with Gasteiger partial charge in [0, 0.05) is 6.54 Å². The molecule has 13 heteroatoms. The Bertz CT molecular complexity index is 662. The molecule has 30 heavy (non-hydrogen) atoms. The Hall–Kier alpha value is -2.38. The van der Waals surface area contributed by atoms with Crippen LogP contribution in [0.3, 0.4) is 0 Å². The number of carboxylic acids is 1. The molecule has 4 amide bonds. The van der Waals surface area contributed by atoms with Crippen molar-refractivity contribution in [3.05, 3.63) is 0 Å². The van der Waals surface area contributed by atoms with Crippen molar-refractivity contribution >= 4 is 41.4 Å². The van der Waals surface area contributed by atoms with Crippen LogP contribution in [-0.4, -0.2) is 94.0 Å². The van der Waals surface area contributed by atoms with Crippen LogP contribution in [0.4, 0.5) is 0 Å². The molecule has 0 aromatic heterocycles. The average molecular weight is 448 g/mol. The summed E-state index contributed by atoms with van der Waals surface area (Å²) >= 11 is 1.46. The van der Waals surface area contributed by atoms with Gasteiger partial charge in [0.05, 0.1) is 19.1 Å². The van der Waals surface area contributed by atoms with Gasteiger partial charge in [-0.15, -0.1) is 0 Å². The van der Waals surface area contributed by atoms with E-state index < -0.39 is 60.4 Å². The van der Waals surface area contributed by atoms with Crippen molar-refractivity contribution in [2.75, 3.05) is 25.2 Å². The maximum atomic E-state index is 13.1. The fourth-order valence-corrected chi connectivity index (χ4v) is 3.51. The summed E-state index contributed by atoms with van der Waals surface area (Å²) in [7, 11) is 0. The second kappa shape index (κ2) is 12.3. The highest BCUT2D eigenvalue weighted by Gasteiger charge is 2.39. The van der Waals surface area contributed by atoms with E-state index in [-0.39, 0.29) is 19.4 Å². The van der Waals surface area contributed by atoms with E-state index in [1.54, 1.807) is 0 Å². The third kappa shape index (κ3) is 7.46. The second-order valence-corrected chi connectivity index (χ2v) is 7.88. The van der Waals surface area contributed by atoms with Crippen molar-refractivity contribution in [3.8, 4) is 0 Å². The van der Waals surface area contributed by atoms with E-state index in [1.165, 1.54) is 16.7 Å². The van der Waals surface area contributed by atoms with Crippen LogP contribution < -0.4 is 22.1 Å². The molecule has 1 saturated heterocycles. The van der Waals surface area contributed by atoms with Gasteiger partial charge < -0.3 is 37.2 Å². The quantitative estimate of drug-likeness (QED) is 0.180. The Morgan fingerprint density at radius 2 is 1.87 bits per heavy atom. The van der Waals surface area contributed by atoms with E-state index in [4.69, 9.17) is 21.7 Å². The first-order chi connectivity index (χ1) is 14.1. The SMILES string of the molecule is CSCCC(NC(=O)C(N)CC(N)=O)C(=O)N1CCCC1C(=O)NC(CO)C(=O)O. The maximum Gasteiger partial charge on any atom is 0.328 e. The number of carbonyl (C=O) groups excluding carboxylic acids is 4. The number of amides is 4. The molecule has 1 rings (SSSR count). The lowest BCUT2D eigenvalue weighted by Gasteiger charge is -2.29. The van der Waals surface area contributed by atoms with Gasteiger partial charge in [-0.25, -0.2) is 4.79 Å². The number of aliphatic hydroxyl groups is 1. The third-order valence-electron chi connectivity index (χ3n) is 4.62. The van der Waals surface area contributed by atoms with Crippen LogP contribution >= 0.6 is 11.8 Å². The maximum absolute atomic E-state index is 13.1. The molecular weight excluding hydrogens is 418 g/mol. The largest absolute Gasteiger partial charge is 0.480 e. The fourth-order valence-electron chi connectivity index (χ4n) is 3.04. The van der Waals surface area contributed by atoms with Crippen LogP contribution in [0.1, 0.15) is 25.7 Å². The lowest BCUT2D eigenvalue weighted by Crippen LogP contribution is -2.57. The number of carboxylic acid groups (broad SMARTS) is 1. The summed E-state index contributed by atoms with van der Waals surface area (Å²) in [5, 5.41) is 22.8. The van der Waals surface area contributed by atoms with Crippen LogP contribution in [0.15, 0.2) is 0 Å². The van der Waals surface area contributed by atoms with E-state index in [0.717, 1.165) is 0 Å². The highest BCUT2D eigenvalue weighted by atomic mass is 32.2. The number of hydrogen-bond donors (Lipinski definition) is 6. The summed E-state index contributed by atoms with van der Waals surface area (Å²) in [4.78, 5) is 61.1. The Kier molecular flexibility index (Phi) is 10.6. The molecule has 4 unspecified atom stereocenters. The molecule has 0 aromatic carbocycles. The monoisotopic (exact) mass is 447 g/mol. The van der Waals surface area contributed by atoms with E-state index in [9.17, 15) is 24.0 Å². The van der Waals surface area contributed by atoms with Gasteiger partial charge in [0.25, 0.3) is 0 Å². The Balaban J connectivity index is 2.90. The Morgan fingerprint density at radius 1 is 1.20 bits per heavy atom. The standard InChI is InChI=1S/C17H29N5O7S/c1-30-6-4-10(20-14(25)9(18)7-13(19)24)16(27)22-5-2-3-12(22)15(26)21-11(8-23)17(28)29/h9-12,23H,2-8,18H2,1H3,(H2,19,24)(H,20,25)(H,21,26)(H,28,29). The number of aliphatic carboxylic acids is 1. The smallest absolute Gasteiger partial charge is 0.328 e. The summed E-state index contributed by atoms with van der Waals surface area (Å²) < 4.78 is 0. The number of thioether (sulfide) groups is 1. The minimum Gasteiger partial charge on any atom is -0.480 e. The molecule has 0 spiro atoms. The van der Waals surface area contributed by atoms with Gasteiger partial charge in [0.15, 0.2) is 0 Å².